The number of fused-ring (bicyclic) bond motifs is 2. The van der Waals surface area contributed by atoms with E-state index in [9.17, 15) is 4.79 Å². The summed E-state index contributed by atoms with van der Waals surface area (Å²) in [6.45, 7) is 6.46. The van der Waals surface area contributed by atoms with E-state index in [1.54, 1.807) is 0 Å². The number of carbonyl (C=O) groups excluding carboxylic acids is 1. The average molecular weight is 463 g/mol. The first-order valence-electron chi connectivity index (χ1n) is 12.1. The second kappa shape index (κ2) is 9.43. The number of aromatic nitrogens is 1. The number of amides is 2. The van der Waals surface area contributed by atoms with Crippen molar-refractivity contribution in [1.29, 1.82) is 0 Å². The van der Waals surface area contributed by atoms with Crippen LogP contribution < -0.4 is 5.32 Å². The molecule has 1 aliphatic heterocycles. The van der Waals surface area contributed by atoms with Gasteiger partial charge in [-0.1, -0.05) is 30.3 Å². The van der Waals surface area contributed by atoms with Crippen molar-refractivity contribution in [1.82, 2.24) is 20.1 Å². The third-order valence-electron chi connectivity index (χ3n) is 7.40. The van der Waals surface area contributed by atoms with E-state index in [1.807, 2.05) is 30.5 Å². The molecule has 1 saturated heterocycles. The van der Waals surface area contributed by atoms with E-state index in [0.717, 1.165) is 38.2 Å². The van der Waals surface area contributed by atoms with Gasteiger partial charge in [-0.3, -0.25) is 0 Å². The Morgan fingerprint density at radius 2 is 2.00 bits per heavy atom. The lowest BCUT2D eigenvalue weighted by Crippen LogP contribution is -2.56. The molecule has 1 fully saturated rings. The maximum atomic E-state index is 12.7. The molecule has 33 heavy (non-hydrogen) atoms. The molecule has 2 aliphatic rings. The van der Waals surface area contributed by atoms with Crippen molar-refractivity contribution in [2.45, 2.75) is 55.3 Å². The second-order valence-electron chi connectivity index (χ2n) is 9.40. The number of benzene rings is 2. The first-order valence-corrected chi connectivity index (χ1v) is 13.1. The topological polar surface area (TPSA) is 51.4 Å². The maximum absolute atomic E-state index is 12.7. The van der Waals surface area contributed by atoms with Crippen molar-refractivity contribution in [3.8, 4) is 0 Å². The van der Waals surface area contributed by atoms with Gasteiger partial charge in [-0.2, -0.15) is 0 Å². The smallest absolute Gasteiger partial charge is 0.317 e. The number of nitrogens with zero attached hydrogens (tertiary/aromatic N) is 2. The summed E-state index contributed by atoms with van der Waals surface area (Å²) in [5.41, 5.74) is 5.47. The first kappa shape index (κ1) is 22.4. The molecule has 2 amide bonds. The predicted molar refractivity (Wildman–Crippen MR) is 137 cm³/mol. The van der Waals surface area contributed by atoms with Crippen LogP contribution in [0.1, 0.15) is 42.9 Å². The number of thioether (sulfide) groups is 1. The minimum atomic E-state index is 0.0623. The average Bonchev–Trinajstić information content (AvgIpc) is 3.23. The van der Waals surface area contributed by atoms with E-state index in [2.05, 4.69) is 70.9 Å². The quantitative estimate of drug-likeness (QED) is 0.494. The van der Waals surface area contributed by atoms with Crippen molar-refractivity contribution in [2.24, 2.45) is 0 Å². The third-order valence-corrected chi connectivity index (χ3v) is 8.44. The molecule has 0 saturated carbocycles. The standard InChI is InChI=1S/C27H34N4OS/c1-4-31(5-2)27(32)29-20-12-22-23-13-21(33-17-18-9-7-6-8-10-18)14-24-26(23)19(15-28-24)11-25(22)30(3)16-20/h6-10,13-15,20,22,25,28H,4-5,11-12,16-17H2,1-3H3,(H,29,32)/t20-,22?,25+/m0/s1. The minimum Gasteiger partial charge on any atom is -0.361 e. The van der Waals surface area contributed by atoms with E-state index in [-0.39, 0.29) is 12.1 Å². The van der Waals surface area contributed by atoms with E-state index in [4.69, 9.17) is 0 Å². The zero-order chi connectivity index (χ0) is 22.9. The molecule has 3 atom stereocenters. The number of likely N-dealkylation sites (tertiary alicyclic amines) is 1. The number of likely N-dealkylation sites (N-methyl/N-ethyl adjacent to an activating group) is 1. The number of hydrogen-bond donors (Lipinski definition) is 2. The van der Waals surface area contributed by atoms with Gasteiger partial charge in [-0.25, -0.2) is 4.79 Å². The number of rotatable bonds is 6. The van der Waals surface area contributed by atoms with Gasteiger partial charge in [-0.15, -0.1) is 11.8 Å². The van der Waals surface area contributed by atoms with Gasteiger partial charge in [0, 0.05) is 65.4 Å². The number of H-pyrrole nitrogens is 1. The Labute approximate surface area is 200 Å². The summed E-state index contributed by atoms with van der Waals surface area (Å²) in [7, 11) is 2.22. The zero-order valence-electron chi connectivity index (χ0n) is 19.8. The summed E-state index contributed by atoms with van der Waals surface area (Å²) in [6.07, 6.45) is 4.27. The summed E-state index contributed by atoms with van der Waals surface area (Å²) in [6, 6.07) is 16.1. The molecular weight excluding hydrogens is 428 g/mol. The van der Waals surface area contributed by atoms with Crippen molar-refractivity contribution < 1.29 is 4.79 Å². The highest BCUT2D eigenvalue weighted by atomic mass is 32.2. The molecule has 1 aliphatic carbocycles. The van der Waals surface area contributed by atoms with Gasteiger partial charge in [0.2, 0.25) is 0 Å². The summed E-state index contributed by atoms with van der Waals surface area (Å²) < 4.78 is 0. The van der Waals surface area contributed by atoms with Crippen molar-refractivity contribution >= 4 is 28.7 Å². The zero-order valence-corrected chi connectivity index (χ0v) is 20.6. The Morgan fingerprint density at radius 3 is 2.76 bits per heavy atom. The van der Waals surface area contributed by atoms with Gasteiger partial charge in [0.1, 0.15) is 0 Å². The molecule has 1 unspecified atom stereocenters. The van der Waals surface area contributed by atoms with Crippen LogP contribution >= 0.6 is 11.8 Å². The van der Waals surface area contributed by atoms with Crippen LogP contribution in [0.25, 0.3) is 10.9 Å². The maximum Gasteiger partial charge on any atom is 0.317 e. The molecular formula is C27H34N4OS. The van der Waals surface area contributed by atoms with Gasteiger partial charge >= 0.3 is 6.03 Å². The van der Waals surface area contributed by atoms with Crippen molar-refractivity contribution in [2.75, 3.05) is 26.7 Å². The fraction of sp³-hybridized carbons (Fsp3) is 0.444. The van der Waals surface area contributed by atoms with E-state index in [0.29, 0.717) is 12.0 Å². The van der Waals surface area contributed by atoms with Crippen LogP contribution in [0.3, 0.4) is 0 Å². The van der Waals surface area contributed by atoms with Gasteiger partial charge in [0.05, 0.1) is 0 Å². The molecule has 5 nitrogen and oxygen atoms in total. The molecule has 2 heterocycles. The number of nitrogens with one attached hydrogen (secondary N) is 2. The molecule has 0 radical (unpaired) electrons. The van der Waals surface area contributed by atoms with Gasteiger partial charge in [0.15, 0.2) is 0 Å². The molecule has 2 N–H and O–H groups in total. The van der Waals surface area contributed by atoms with E-state index >= 15 is 0 Å². The highest BCUT2D eigenvalue weighted by Crippen LogP contribution is 2.45. The van der Waals surface area contributed by atoms with E-state index < -0.39 is 0 Å². The lowest BCUT2D eigenvalue weighted by molar-refractivity contribution is 0.124. The van der Waals surface area contributed by atoms with E-state index in [1.165, 1.54) is 32.5 Å². The largest absolute Gasteiger partial charge is 0.361 e. The fourth-order valence-electron chi connectivity index (χ4n) is 5.69. The Balaban J connectivity index is 1.42. The van der Waals surface area contributed by atoms with Crippen LogP contribution in [0.15, 0.2) is 53.6 Å². The Kier molecular flexibility index (Phi) is 6.39. The SMILES string of the molecule is CCN(CC)C(=O)N[C@H]1CC2c3cc(SCc4ccccc4)cc4[nH]cc(c34)C[C@H]2N(C)C1. The predicted octanol–water partition coefficient (Wildman–Crippen LogP) is 5.22. The summed E-state index contributed by atoms with van der Waals surface area (Å²) in [5.74, 6) is 1.39. The monoisotopic (exact) mass is 462 g/mol. The number of piperidine rings is 1. The van der Waals surface area contributed by atoms with Gasteiger partial charge < -0.3 is 20.1 Å². The molecule has 2 aromatic carbocycles. The number of hydrogen-bond acceptors (Lipinski definition) is 3. The lowest BCUT2D eigenvalue weighted by atomic mass is 9.74. The van der Waals surface area contributed by atoms with Crippen LogP contribution in [-0.2, 0) is 12.2 Å². The Bertz CT molecular complexity index is 1120. The van der Waals surface area contributed by atoms with Crippen LogP contribution in [0, 0.1) is 0 Å². The van der Waals surface area contributed by atoms with Gasteiger partial charge in [0.25, 0.3) is 0 Å². The first-order chi connectivity index (χ1) is 16.1. The molecule has 5 rings (SSSR count). The van der Waals surface area contributed by atoms with Crippen molar-refractivity contribution in [3.05, 3.63) is 65.4 Å². The second-order valence-corrected chi connectivity index (χ2v) is 10.4. The summed E-state index contributed by atoms with van der Waals surface area (Å²) in [4.78, 5) is 21.9. The highest BCUT2D eigenvalue weighted by Gasteiger charge is 2.40. The molecule has 0 spiro atoms. The highest BCUT2D eigenvalue weighted by molar-refractivity contribution is 7.98. The number of carbonyl (C=O) groups is 1. The number of aromatic amines is 1. The van der Waals surface area contributed by atoms with Crippen LogP contribution in [-0.4, -0.2) is 59.6 Å². The lowest BCUT2D eigenvalue weighted by Gasteiger charge is -2.46. The van der Waals surface area contributed by atoms with Crippen LogP contribution in [0.5, 0.6) is 0 Å². The minimum absolute atomic E-state index is 0.0623. The molecule has 0 bridgehead atoms. The summed E-state index contributed by atoms with van der Waals surface area (Å²) >= 11 is 1.90. The number of urea groups is 1. The van der Waals surface area contributed by atoms with Crippen LogP contribution in [0.2, 0.25) is 0 Å². The molecule has 6 heteroatoms. The summed E-state index contributed by atoms with van der Waals surface area (Å²) in [5, 5.41) is 4.73. The molecule has 3 aromatic rings. The molecule has 174 valence electrons. The normalized spacial score (nSPS) is 22.2. The third kappa shape index (κ3) is 4.38. The molecule has 1 aromatic heterocycles. The Morgan fingerprint density at radius 1 is 1.21 bits per heavy atom. The fourth-order valence-corrected chi connectivity index (χ4v) is 6.63. The Hall–Kier alpha value is -2.44. The van der Waals surface area contributed by atoms with Crippen LogP contribution in [0.4, 0.5) is 4.79 Å². The van der Waals surface area contributed by atoms with Gasteiger partial charge in [-0.05, 0) is 62.6 Å². The van der Waals surface area contributed by atoms with Crippen molar-refractivity contribution in [3.63, 3.8) is 0 Å².